The summed E-state index contributed by atoms with van der Waals surface area (Å²) in [7, 11) is 3.09. The molecule has 0 unspecified atom stereocenters. The number of esters is 1. The lowest BCUT2D eigenvalue weighted by atomic mass is 9.88. The summed E-state index contributed by atoms with van der Waals surface area (Å²) in [6.45, 7) is 10.1. The second kappa shape index (κ2) is 15.6. The van der Waals surface area contributed by atoms with E-state index in [1.54, 1.807) is 50.7 Å². The van der Waals surface area contributed by atoms with Crippen LogP contribution in [0.2, 0.25) is 0 Å². The van der Waals surface area contributed by atoms with Crippen LogP contribution >= 0.6 is 15.9 Å². The van der Waals surface area contributed by atoms with Gasteiger partial charge in [-0.15, -0.1) is 0 Å². The standard InChI is InChI=1S/C19H22FNO3.C15H15BrFNO/c1-5-24-19(22)11-17-15(12(2)3)9-14(20)10-16(17)13-6-7-21-18(8-13)23-4;1-9(2)12-7-11(17)8-13(15(12)16)10-4-5-18-14(6-10)19-3/h6-10,12H,5,11H2,1-4H3;4-9H,1-3H3. The summed E-state index contributed by atoms with van der Waals surface area (Å²) in [6, 6.07) is 13.1. The van der Waals surface area contributed by atoms with Crippen molar-refractivity contribution in [1.29, 1.82) is 0 Å². The Hall–Kier alpha value is -3.85. The van der Waals surface area contributed by atoms with Gasteiger partial charge in [-0.05, 0) is 110 Å². The van der Waals surface area contributed by atoms with Gasteiger partial charge in [0.1, 0.15) is 11.6 Å². The number of hydrogen-bond acceptors (Lipinski definition) is 6. The first-order valence-corrected chi connectivity index (χ1v) is 14.8. The minimum Gasteiger partial charge on any atom is -0.481 e. The second-order valence-corrected chi connectivity index (χ2v) is 11.1. The van der Waals surface area contributed by atoms with E-state index in [-0.39, 0.29) is 35.9 Å². The molecule has 6 nitrogen and oxygen atoms in total. The Labute approximate surface area is 260 Å². The minimum atomic E-state index is -0.336. The van der Waals surface area contributed by atoms with Crippen LogP contribution in [0.5, 0.6) is 11.8 Å². The van der Waals surface area contributed by atoms with Crippen molar-refractivity contribution in [2.24, 2.45) is 0 Å². The summed E-state index contributed by atoms with van der Waals surface area (Å²) in [5.41, 5.74) is 5.62. The third kappa shape index (κ3) is 8.83. The van der Waals surface area contributed by atoms with Gasteiger partial charge in [-0.1, -0.05) is 27.7 Å². The average molecular weight is 656 g/mol. The number of carbonyl (C=O) groups is 1. The molecule has 0 radical (unpaired) electrons. The lowest BCUT2D eigenvalue weighted by Gasteiger charge is -2.18. The minimum absolute atomic E-state index is 0.0765. The van der Waals surface area contributed by atoms with Crippen molar-refractivity contribution < 1.29 is 27.8 Å². The van der Waals surface area contributed by atoms with E-state index in [1.807, 2.05) is 33.8 Å². The zero-order chi connectivity index (χ0) is 31.7. The summed E-state index contributed by atoms with van der Waals surface area (Å²) >= 11 is 3.57. The lowest BCUT2D eigenvalue weighted by Crippen LogP contribution is -2.11. The summed E-state index contributed by atoms with van der Waals surface area (Å²) in [5.74, 6) is 0.368. The van der Waals surface area contributed by atoms with E-state index in [4.69, 9.17) is 14.2 Å². The molecule has 0 aliphatic rings. The van der Waals surface area contributed by atoms with Gasteiger partial charge in [-0.3, -0.25) is 4.79 Å². The molecule has 4 aromatic rings. The zero-order valence-electron chi connectivity index (χ0n) is 25.5. The van der Waals surface area contributed by atoms with Gasteiger partial charge in [0, 0.05) is 29.0 Å². The summed E-state index contributed by atoms with van der Waals surface area (Å²) < 4.78 is 44.2. The molecule has 4 rings (SSSR count). The van der Waals surface area contributed by atoms with Crippen molar-refractivity contribution in [3.05, 3.63) is 93.7 Å². The first-order chi connectivity index (χ1) is 20.5. The van der Waals surface area contributed by atoms with Crippen LogP contribution < -0.4 is 9.47 Å². The van der Waals surface area contributed by atoms with Gasteiger partial charge < -0.3 is 14.2 Å². The quantitative estimate of drug-likeness (QED) is 0.168. The Morgan fingerprint density at radius 3 is 1.77 bits per heavy atom. The van der Waals surface area contributed by atoms with E-state index in [2.05, 4.69) is 25.9 Å². The maximum absolute atomic E-state index is 14.2. The molecule has 0 aliphatic heterocycles. The Morgan fingerprint density at radius 2 is 1.28 bits per heavy atom. The molecule has 0 aliphatic carbocycles. The van der Waals surface area contributed by atoms with Crippen LogP contribution in [0.3, 0.4) is 0 Å². The van der Waals surface area contributed by atoms with E-state index in [9.17, 15) is 13.6 Å². The summed E-state index contributed by atoms with van der Waals surface area (Å²) in [4.78, 5) is 20.2. The van der Waals surface area contributed by atoms with Crippen molar-refractivity contribution >= 4 is 21.9 Å². The number of carbonyl (C=O) groups excluding carboxylic acids is 1. The molecule has 0 amide bonds. The maximum Gasteiger partial charge on any atom is 0.310 e. The van der Waals surface area contributed by atoms with Crippen molar-refractivity contribution in [1.82, 2.24) is 9.97 Å². The highest BCUT2D eigenvalue weighted by Crippen LogP contribution is 2.36. The molecule has 43 heavy (non-hydrogen) atoms. The molecular formula is C34H37BrF2N2O4. The number of hydrogen-bond donors (Lipinski definition) is 0. The number of rotatable bonds is 9. The predicted octanol–water partition coefficient (Wildman–Crippen LogP) is 8.91. The molecule has 2 aromatic heterocycles. The zero-order valence-corrected chi connectivity index (χ0v) is 27.1. The largest absolute Gasteiger partial charge is 0.481 e. The fraction of sp³-hybridized carbons (Fsp3) is 0.324. The molecule has 0 spiro atoms. The van der Waals surface area contributed by atoms with Crippen LogP contribution in [0.1, 0.15) is 63.1 Å². The normalized spacial score (nSPS) is 10.8. The van der Waals surface area contributed by atoms with Gasteiger partial charge >= 0.3 is 5.97 Å². The van der Waals surface area contributed by atoms with Gasteiger partial charge in [0.15, 0.2) is 0 Å². The monoisotopic (exact) mass is 654 g/mol. The van der Waals surface area contributed by atoms with Gasteiger partial charge in [0.2, 0.25) is 11.8 Å². The topological polar surface area (TPSA) is 70.5 Å². The van der Waals surface area contributed by atoms with Crippen molar-refractivity contribution in [3.8, 4) is 34.0 Å². The highest BCUT2D eigenvalue weighted by atomic mass is 79.9. The fourth-order valence-electron chi connectivity index (χ4n) is 4.60. The second-order valence-electron chi connectivity index (χ2n) is 10.3. The molecule has 0 saturated heterocycles. The number of nitrogens with zero attached hydrogens (tertiary/aromatic N) is 2. The predicted molar refractivity (Wildman–Crippen MR) is 169 cm³/mol. The van der Waals surface area contributed by atoms with Crippen LogP contribution in [0.4, 0.5) is 8.78 Å². The Kier molecular flexibility index (Phi) is 12.2. The smallest absolute Gasteiger partial charge is 0.310 e. The van der Waals surface area contributed by atoms with Crippen molar-refractivity contribution in [2.45, 2.75) is 52.9 Å². The van der Waals surface area contributed by atoms with E-state index in [1.165, 1.54) is 25.3 Å². The molecule has 2 aromatic carbocycles. The lowest BCUT2D eigenvalue weighted by molar-refractivity contribution is -0.142. The number of aromatic nitrogens is 2. The highest BCUT2D eigenvalue weighted by Gasteiger charge is 2.19. The van der Waals surface area contributed by atoms with Crippen LogP contribution in [-0.4, -0.2) is 36.8 Å². The molecule has 0 fully saturated rings. The van der Waals surface area contributed by atoms with Crippen LogP contribution in [0, 0.1) is 11.6 Å². The van der Waals surface area contributed by atoms with Gasteiger partial charge in [0.05, 0.1) is 27.2 Å². The third-order valence-electron chi connectivity index (χ3n) is 6.70. The van der Waals surface area contributed by atoms with E-state index in [0.717, 1.165) is 37.9 Å². The Bertz CT molecular complexity index is 1560. The SMILES string of the molecule is CCOC(=O)Cc1c(-c2ccnc(OC)c2)cc(F)cc1C(C)C.COc1cc(-c2cc(F)cc(C(C)C)c2Br)ccn1. The van der Waals surface area contributed by atoms with Crippen LogP contribution in [0.25, 0.3) is 22.3 Å². The first kappa shape index (κ1) is 33.6. The molecule has 0 bridgehead atoms. The maximum atomic E-state index is 14.2. The molecule has 0 saturated carbocycles. The average Bonchev–Trinajstić information content (AvgIpc) is 2.99. The van der Waals surface area contributed by atoms with Crippen LogP contribution in [0.15, 0.2) is 65.4 Å². The molecule has 0 N–H and O–H groups in total. The molecule has 0 atom stereocenters. The van der Waals surface area contributed by atoms with Crippen LogP contribution in [-0.2, 0) is 16.0 Å². The van der Waals surface area contributed by atoms with E-state index < -0.39 is 0 Å². The number of methoxy groups -OCH3 is 2. The Balaban J connectivity index is 0.000000242. The van der Waals surface area contributed by atoms with Gasteiger partial charge in [0.25, 0.3) is 0 Å². The van der Waals surface area contributed by atoms with Gasteiger partial charge in [-0.2, -0.15) is 0 Å². The number of benzene rings is 2. The van der Waals surface area contributed by atoms with Gasteiger partial charge in [-0.25, -0.2) is 18.7 Å². The number of halogens is 3. The number of ether oxygens (including phenoxy) is 3. The summed E-state index contributed by atoms with van der Waals surface area (Å²) in [6.07, 6.45) is 3.35. The first-order valence-electron chi connectivity index (χ1n) is 14.0. The molecule has 228 valence electrons. The molecule has 9 heteroatoms. The third-order valence-corrected chi connectivity index (χ3v) is 7.58. The fourth-order valence-corrected chi connectivity index (χ4v) is 5.52. The summed E-state index contributed by atoms with van der Waals surface area (Å²) in [5, 5.41) is 0. The van der Waals surface area contributed by atoms with E-state index >= 15 is 0 Å². The van der Waals surface area contributed by atoms with E-state index in [0.29, 0.717) is 23.9 Å². The highest BCUT2D eigenvalue weighted by molar-refractivity contribution is 9.10. The van der Waals surface area contributed by atoms with Crippen molar-refractivity contribution in [2.75, 3.05) is 20.8 Å². The Morgan fingerprint density at radius 1 is 0.791 bits per heavy atom. The molecular weight excluding hydrogens is 618 g/mol. The molecule has 2 heterocycles. The number of pyridine rings is 2. The van der Waals surface area contributed by atoms with Crippen molar-refractivity contribution in [3.63, 3.8) is 0 Å².